The van der Waals surface area contributed by atoms with E-state index in [0.29, 0.717) is 13.2 Å². The van der Waals surface area contributed by atoms with Gasteiger partial charge in [-0.15, -0.1) is 0 Å². The van der Waals surface area contributed by atoms with Gasteiger partial charge in [0.1, 0.15) is 6.10 Å². The molecule has 1 unspecified atom stereocenters. The molecule has 0 saturated carbocycles. The van der Waals surface area contributed by atoms with Crippen molar-refractivity contribution in [1.82, 2.24) is 0 Å². The van der Waals surface area contributed by atoms with Crippen LogP contribution in [-0.2, 0) is 16.1 Å². The van der Waals surface area contributed by atoms with Gasteiger partial charge in [0.05, 0.1) is 19.5 Å². The number of halogens is 1. The van der Waals surface area contributed by atoms with E-state index < -0.39 is 0 Å². The molecule has 1 aromatic rings. The molecule has 1 atom stereocenters. The van der Waals surface area contributed by atoms with E-state index in [2.05, 4.69) is 34.7 Å². The maximum atomic E-state index is 5.64. The maximum absolute atomic E-state index is 5.64. The Hall–Kier alpha value is -0.550. The Kier molecular flexibility index (Phi) is 4.66. The average molecular weight is 330 g/mol. The van der Waals surface area contributed by atoms with Gasteiger partial charge in [-0.25, -0.2) is 0 Å². The van der Waals surface area contributed by atoms with Gasteiger partial charge in [0.2, 0.25) is 0 Å². The summed E-state index contributed by atoms with van der Waals surface area (Å²) < 4.78 is 12.5. The van der Waals surface area contributed by atoms with Crippen LogP contribution in [0.3, 0.4) is 0 Å². The van der Waals surface area contributed by atoms with Crippen molar-refractivity contribution in [2.24, 2.45) is 0 Å². The van der Waals surface area contributed by atoms with Crippen LogP contribution >= 0.6 is 22.6 Å². The number of allylic oxidation sites excluding steroid dienone is 1. The van der Waals surface area contributed by atoms with Crippen LogP contribution in [0.2, 0.25) is 0 Å². The van der Waals surface area contributed by atoms with Crippen LogP contribution < -0.4 is 0 Å². The molecule has 0 saturated heterocycles. The van der Waals surface area contributed by atoms with Crippen molar-refractivity contribution in [3.8, 4) is 0 Å². The van der Waals surface area contributed by atoms with Crippen molar-refractivity contribution in [3.63, 3.8) is 0 Å². The summed E-state index contributed by atoms with van der Waals surface area (Å²) >= 11 is 2.31. The third-order valence-corrected chi connectivity index (χ3v) is 3.30. The number of hydrogen-bond donors (Lipinski definition) is 0. The first-order valence-corrected chi connectivity index (χ1v) is 6.54. The van der Waals surface area contributed by atoms with E-state index in [1.54, 1.807) is 0 Å². The molecule has 0 N–H and O–H groups in total. The van der Waals surface area contributed by atoms with Crippen LogP contribution in [0.1, 0.15) is 18.4 Å². The van der Waals surface area contributed by atoms with Gasteiger partial charge in [0.25, 0.3) is 0 Å². The van der Waals surface area contributed by atoms with Gasteiger partial charge in [-0.3, -0.25) is 0 Å². The highest BCUT2D eigenvalue weighted by atomic mass is 127. The number of rotatable bonds is 4. The Bertz CT molecular complexity index is 348. The van der Waals surface area contributed by atoms with E-state index in [1.165, 1.54) is 9.14 Å². The fourth-order valence-electron chi connectivity index (χ4n) is 1.60. The molecule has 2 rings (SSSR count). The monoisotopic (exact) mass is 330 g/mol. The maximum Gasteiger partial charge on any atom is 0.121 e. The van der Waals surface area contributed by atoms with Crippen LogP contribution in [-0.4, -0.2) is 12.7 Å². The molecule has 1 heterocycles. The number of hydrogen-bond acceptors (Lipinski definition) is 2. The largest absolute Gasteiger partial charge is 0.495 e. The predicted octanol–water partition coefficient (Wildman–Crippen LogP) is 3.66. The zero-order valence-electron chi connectivity index (χ0n) is 9.06. The first kappa shape index (κ1) is 11.9. The van der Waals surface area contributed by atoms with Crippen molar-refractivity contribution < 1.29 is 9.47 Å². The molecule has 3 heteroatoms. The molecule has 16 heavy (non-hydrogen) atoms. The molecule has 1 aliphatic rings. The molecule has 0 fully saturated rings. The zero-order chi connectivity index (χ0) is 11.2. The second kappa shape index (κ2) is 6.25. The Morgan fingerprint density at radius 1 is 1.31 bits per heavy atom. The topological polar surface area (TPSA) is 18.5 Å². The first-order valence-electron chi connectivity index (χ1n) is 5.46. The zero-order valence-corrected chi connectivity index (χ0v) is 11.2. The fourth-order valence-corrected chi connectivity index (χ4v) is 2.06. The smallest absolute Gasteiger partial charge is 0.121 e. The van der Waals surface area contributed by atoms with Gasteiger partial charge in [0.15, 0.2) is 0 Å². The standard InChI is InChI=1S/C13H15IO2/c14-12-6-7-13(16-9-12)10-15-8-11-4-2-1-3-5-11/h1-5,9,13H,6-8,10H2. The molecule has 0 aromatic heterocycles. The average Bonchev–Trinajstić information content (AvgIpc) is 2.33. The lowest BCUT2D eigenvalue weighted by Gasteiger charge is -2.20. The summed E-state index contributed by atoms with van der Waals surface area (Å²) in [6, 6.07) is 10.2. The van der Waals surface area contributed by atoms with Crippen LogP contribution in [0.5, 0.6) is 0 Å². The van der Waals surface area contributed by atoms with Gasteiger partial charge in [-0.05, 0) is 41.0 Å². The lowest BCUT2D eigenvalue weighted by atomic mass is 10.2. The number of benzene rings is 1. The van der Waals surface area contributed by atoms with Crippen molar-refractivity contribution in [2.45, 2.75) is 25.6 Å². The summed E-state index contributed by atoms with van der Waals surface area (Å²) in [5.74, 6) is 0. The van der Waals surface area contributed by atoms with Gasteiger partial charge in [-0.2, -0.15) is 0 Å². The van der Waals surface area contributed by atoms with Crippen molar-refractivity contribution in [1.29, 1.82) is 0 Å². The molecule has 0 radical (unpaired) electrons. The fraction of sp³-hybridized carbons (Fsp3) is 0.385. The van der Waals surface area contributed by atoms with E-state index in [4.69, 9.17) is 9.47 Å². The Balaban J connectivity index is 1.69. The molecule has 0 spiro atoms. The molecule has 1 aromatic carbocycles. The van der Waals surface area contributed by atoms with Gasteiger partial charge >= 0.3 is 0 Å². The normalized spacial score (nSPS) is 20.1. The predicted molar refractivity (Wildman–Crippen MR) is 72.3 cm³/mol. The lowest BCUT2D eigenvalue weighted by Crippen LogP contribution is -2.20. The second-order valence-corrected chi connectivity index (χ2v) is 5.25. The van der Waals surface area contributed by atoms with Crippen LogP contribution in [0.15, 0.2) is 40.2 Å². The Morgan fingerprint density at radius 2 is 2.12 bits per heavy atom. The molecule has 0 amide bonds. The van der Waals surface area contributed by atoms with Crippen LogP contribution in [0, 0.1) is 0 Å². The molecule has 0 aliphatic carbocycles. The summed E-state index contributed by atoms with van der Waals surface area (Å²) in [6.45, 7) is 1.34. The summed E-state index contributed by atoms with van der Waals surface area (Å²) in [6.07, 6.45) is 4.24. The highest BCUT2D eigenvalue weighted by Gasteiger charge is 2.14. The quantitative estimate of drug-likeness (QED) is 0.785. The molecular weight excluding hydrogens is 315 g/mol. The Labute approximate surface area is 110 Å². The second-order valence-electron chi connectivity index (χ2n) is 3.86. The first-order chi connectivity index (χ1) is 7.84. The summed E-state index contributed by atoms with van der Waals surface area (Å²) in [4.78, 5) is 0. The molecule has 2 nitrogen and oxygen atoms in total. The van der Waals surface area contributed by atoms with Crippen LogP contribution in [0.25, 0.3) is 0 Å². The molecule has 1 aliphatic heterocycles. The lowest BCUT2D eigenvalue weighted by molar-refractivity contribution is 0.0106. The minimum atomic E-state index is 0.224. The van der Waals surface area contributed by atoms with E-state index in [0.717, 1.165) is 12.8 Å². The third-order valence-electron chi connectivity index (χ3n) is 2.51. The number of ether oxygens (including phenoxy) is 2. The van der Waals surface area contributed by atoms with Crippen molar-refractivity contribution >= 4 is 22.6 Å². The highest BCUT2D eigenvalue weighted by molar-refractivity contribution is 14.1. The molecule has 0 bridgehead atoms. The van der Waals surface area contributed by atoms with E-state index >= 15 is 0 Å². The van der Waals surface area contributed by atoms with E-state index in [1.807, 2.05) is 24.5 Å². The minimum Gasteiger partial charge on any atom is -0.495 e. The summed E-state index contributed by atoms with van der Waals surface area (Å²) in [7, 11) is 0. The van der Waals surface area contributed by atoms with Gasteiger partial charge in [0, 0.05) is 3.58 Å². The summed E-state index contributed by atoms with van der Waals surface area (Å²) in [5.41, 5.74) is 1.21. The van der Waals surface area contributed by atoms with Gasteiger partial charge in [-0.1, -0.05) is 30.3 Å². The van der Waals surface area contributed by atoms with Crippen LogP contribution in [0.4, 0.5) is 0 Å². The SMILES string of the molecule is IC1=COC(COCc2ccccc2)CC1. The Morgan fingerprint density at radius 3 is 2.81 bits per heavy atom. The minimum absolute atomic E-state index is 0.224. The highest BCUT2D eigenvalue weighted by Crippen LogP contribution is 2.22. The van der Waals surface area contributed by atoms with E-state index in [-0.39, 0.29) is 6.10 Å². The summed E-state index contributed by atoms with van der Waals surface area (Å²) in [5, 5.41) is 0. The molecule has 86 valence electrons. The van der Waals surface area contributed by atoms with Crippen molar-refractivity contribution in [3.05, 3.63) is 45.7 Å². The van der Waals surface area contributed by atoms with Crippen molar-refractivity contribution in [2.75, 3.05) is 6.61 Å². The van der Waals surface area contributed by atoms with E-state index in [9.17, 15) is 0 Å². The molecular formula is C13H15IO2. The third kappa shape index (κ3) is 3.79. The van der Waals surface area contributed by atoms with Gasteiger partial charge < -0.3 is 9.47 Å².